The Hall–Kier alpha value is -1.20. The van der Waals surface area contributed by atoms with Gasteiger partial charge in [0.05, 0.1) is 17.6 Å². The number of halogens is 3. The summed E-state index contributed by atoms with van der Waals surface area (Å²) in [4.78, 5) is 4.55. The van der Waals surface area contributed by atoms with Crippen molar-refractivity contribution < 1.29 is 13.5 Å². The zero-order valence-corrected chi connectivity index (χ0v) is 12.0. The van der Waals surface area contributed by atoms with E-state index in [2.05, 4.69) is 4.98 Å². The lowest BCUT2D eigenvalue weighted by molar-refractivity contribution is 0.0148. The van der Waals surface area contributed by atoms with Gasteiger partial charge in [-0.3, -0.25) is 0 Å². The van der Waals surface area contributed by atoms with Crippen LogP contribution in [0, 0.1) is 6.92 Å². The predicted octanol–water partition coefficient (Wildman–Crippen LogP) is 3.41. The number of benzene rings is 1. The quantitative estimate of drug-likeness (QED) is 0.579. The van der Waals surface area contributed by atoms with Crippen molar-refractivity contribution in [3.63, 3.8) is 0 Å². The molecule has 3 nitrogen and oxygen atoms in total. The van der Waals surface area contributed by atoms with E-state index in [1.807, 2.05) is 29.7 Å². The maximum atomic E-state index is 12.0. The standard InChI is InChI=1S/C14H17ClF2N2O/c1-10-2-3-12-11(8-10)18-14(4-5-15)19(12)6-7-20-9-13(16)17/h2-3,8,13H,4-7,9H2,1H3. The molecule has 0 saturated heterocycles. The van der Waals surface area contributed by atoms with Crippen molar-refractivity contribution in [2.24, 2.45) is 0 Å². The molecule has 0 bridgehead atoms. The molecule has 110 valence electrons. The van der Waals surface area contributed by atoms with Crippen LogP contribution in [0.3, 0.4) is 0 Å². The Kier molecular flexibility index (Phi) is 5.31. The molecule has 0 spiro atoms. The van der Waals surface area contributed by atoms with Gasteiger partial charge in [0.25, 0.3) is 6.43 Å². The van der Waals surface area contributed by atoms with E-state index in [1.54, 1.807) is 0 Å². The average molecular weight is 303 g/mol. The lowest BCUT2D eigenvalue weighted by Gasteiger charge is -2.09. The third-order valence-electron chi connectivity index (χ3n) is 3.00. The number of nitrogens with zero attached hydrogens (tertiary/aromatic N) is 2. The predicted molar refractivity (Wildman–Crippen MR) is 75.7 cm³/mol. The maximum absolute atomic E-state index is 12.0. The van der Waals surface area contributed by atoms with Crippen LogP contribution in [0.4, 0.5) is 8.78 Å². The lowest BCUT2D eigenvalue weighted by Crippen LogP contribution is -2.13. The summed E-state index contributed by atoms with van der Waals surface area (Å²) in [6.07, 6.45) is -1.79. The average Bonchev–Trinajstić information content (AvgIpc) is 2.72. The number of imidazole rings is 1. The van der Waals surface area contributed by atoms with E-state index in [0.717, 1.165) is 22.4 Å². The Morgan fingerprint density at radius 3 is 2.90 bits per heavy atom. The van der Waals surface area contributed by atoms with E-state index in [4.69, 9.17) is 16.3 Å². The van der Waals surface area contributed by atoms with Gasteiger partial charge in [-0.25, -0.2) is 13.8 Å². The number of alkyl halides is 3. The van der Waals surface area contributed by atoms with Gasteiger partial charge >= 0.3 is 0 Å². The molecule has 6 heteroatoms. The van der Waals surface area contributed by atoms with E-state index in [-0.39, 0.29) is 6.61 Å². The molecule has 2 aromatic rings. The van der Waals surface area contributed by atoms with Gasteiger partial charge in [-0.2, -0.15) is 0 Å². The molecule has 20 heavy (non-hydrogen) atoms. The second-order valence-corrected chi connectivity index (χ2v) is 4.95. The lowest BCUT2D eigenvalue weighted by atomic mass is 10.2. The number of aromatic nitrogens is 2. The van der Waals surface area contributed by atoms with Crippen molar-refractivity contribution in [3.05, 3.63) is 29.6 Å². The van der Waals surface area contributed by atoms with Crippen LogP contribution in [0.25, 0.3) is 11.0 Å². The molecule has 1 aromatic heterocycles. The fraction of sp³-hybridized carbons (Fsp3) is 0.500. The van der Waals surface area contributed by atoms with E-state index >= 15 is 0 Å². The van der Waals surface area contributed by atoms with Crippen molar-refractivity contribution in [1.29, 1.82) is 0 Å². The molecule has 0 atom stereocenters. The molecule has 0 amide bonds. The van der Waals surface area contributed by atoms with E-state index in [1.165, 1.54) is 0 Å². The zero-order valence-electron chi connectivity index (χ0n) is 11.3. The number of ether oxygens (including phenoxy) is 1. The first kappa shape index (κ1) is 15.2. The van der Waals surface area contributed by atoms with Crippen LogP contribution in [-0.4, -0.2) is 35.1 Å². The molecule has 0 radical (unpaired) electrons. The Morgan fingerprint density at radius 1 is 1.40 bits per heavy atom. The number of rotatable bonds is 7. The highest BCUT2D eigenvalue weighted by Gasteiger charge is 2.10. The fourth-order valence-electron chi connectivity index (χ4n) is 2.14. The van der Waals surface area contributed by atoms with E-state index in [9.17, 15) is 8.78 Å². The molecule has 2 rings (SSSR count). The largest absolute Gasteiger partial charge is 0.374 e. The minimum absolute atomic E-state index is 0.235. The van der Waals surface area contributed by atoms with Gasteiger partial charge in [0.2, 0.25) is 0 Å². The molecule has 0 saturated carbocycles. The van der Waals surface area contributed by atoms with Crippen LogP contribution >= 0.6 is 11.6 Å². The zero-order chi connectivity index (χ0) is 14.5. The van der Waals surface area contributed by atoms with Gasteiger partial charge in [-0.1, -0.05) is 6.07 Å². The highest BCUT2D eigenvalue weighted by atomic mass is 35.5. The van der Waals surface area contributed by atoms with Crippen LogP contribution in [0.5, 0.6) is 0 Å². The first-order valence-electron chi connectivity index (χ1n) is 6.49. The normalized spacial score (nSPS) is 11.7. The maximum Gasteiger partial charge on any atom is 0.261 e. The number of hydrogen-bond acceptors (Lipinski definition) is 2. The van der Waals surface area contributed by atoms with Crippen LogP contribution in [0.2, 0.25) is 0 Å². The second-order valence-electron chi connectivity index (χ2n) is 4.58. The smallest absolute Gasteiger partial charge is 0.261 e. The summed E-state index contributed by atoms with van der Waals surface area (Å²) in [5.74, 6) is 1.33. The van der Waals surface area contributed by atoms with Crippen LogP contribution < -0.4 is 0 Å². The van der Waals surface area contributed by atoms with E-state index < -0.39 is 13.0 Å². The molecule has 0 aliphatic heterocycles. The van der Waals surface area contributed by atoms with Crippen molar-refractivity contribution >= 4 is 22.6 Å². The topological polar surface area (TPSA) is 27.1 Å². The van der Waals surface area contributed by atoms with Crippen molar-refractivity contribution in [1.82, 2.24) is 9.55 Å². The Labute approximate surface area is 121 Å². The Bertz CT molecular complexity index is 572. The monoisotopic (exact) mass is 302 g/mol. The van der Waals surface area contributed by atoms with Crippen molar-refractivity contribution in [2.45, 2.75) is 26.3 Å². The minimum atomic E-state index is -2.43. The summed E-state index contributed by atoms with van der Waals surface area (Å²) < 4.78 is 31.0. The minimum Gasteiger partial charge on any atom is -0.374 e. The second kappa shape index (κ2) is 6.99. The molecular formula is C14H17ClF2N2O. The molecule has 0 aliphatic carbocycles. The number of fused-ring (bicyclic) bond motifs is 1. The summed E-state index contributed by atoms with van der Waals surface area (Å²) in [6.45, 7) is 2.21. The van der Waals surface area contributed by atoms with Crippen molar-refractivity contribution in [2.75, 3.05) is 19.1 Å². The van der Waals surface area contributed by atoms with Gasteiger partial charge in [-0.05, 0) is 24.6 Å². The third-order valence-corrected chi connectivity index (χ3v) is 3.19. The fourth-order valence-corrected chi connectivity index (χ4v) is 2.31. The molecule has 1 heterocycles. The molecular weight excluding hydrogens is 286 g/mol. The van der Waals surface area contributed by atoms with Gasteiger partial charge in [0.15, 0.2) is 0 Å². The highest BCUT2D eigenvalue weighted by molar-refractivity contribution is 6.17. The number of aryl methyl sites for hydroxylation is 2. The molecule has 0 fully saturated rings. The van der Waals surface area contributed by atoms with Crippen LogP contribution in [0.15, 0.2) is 18.2 Å². The number of hydrogen-bond donors (Lipinski definition) is 0. The van der Waals surface area contributed by atoms with Gasteiger partial charge in [-0.15, -0.1) is 11.6 Å². The molecule has 0 aliphatic rings. The third kappa shape index (κ3) is 3.67. The van der Waals surface area contributed by atoms with Gasteiger partial charge < -0.3 is 9.30 Å². The SMILES string of the molecule is Cc1ccc2c(c1)nc(CCCl)n2CCOCC(F)F. The van der Waals surface area contributed by atoms with Gasteiger partial charge in [0, 0.05) is 18.8 Å². The highest BCUT2D eigenvalue weighted by Crippen LogP contribution is 2.18. The summed E-state index contributed by atoms with van der Waals surface area (Å²) >= 11 is 5.79. The van der Waals surface area contributed by atoms with Crippen LogP contribution in [-0.2, 0) is 17.7 Å². The first-order chi connectivity index (χ1) is 9.61. The molecule has 1 aromatic carbocycles. The molecule has 0 N–H and O–H groups in total. The van der Waals surface area contributed by atoms with E-state index in [0.29, 0.717) is 18.8 Å². The first-order valence-corrected chi connectivity index (χ1v) is 7.03. The summed E-state index contributed by atoms with van der Waals surface area (Å²) in [7, 11) is 0. The molecule has 0 unspecified atom stereocenters. The van der Waals surface area contributed by atoms with Gasteiger partial charge in [0.1, 0.15) is 12.4 Å². The Morgan fingerprint density at radius 2 is 2.20 bits per heavy atom. The summed E-state index contributed by atoms with van der Waals surface area (Å²) in [5, 5.41) is 0. The Balaban J connectivity index is 2.17. The summed E-state index contributed by atoms with van der Waals surface area (Å²) in [5.41, 5.74) is 3.02. The summed E-state index contributed by atoms with van der Waals surface area (Å²) in [6, 6.07) is 6.00. The van der Waals surface area contributed by atoms with Crippen molar-refractivity contribution in [3.8, 4) is 0 Å². The van der Waals surface area contributed by atoms with Crippen LogP contribution in [0.1, 0.15) is 11.4 Å².